The van der Waals surface area contributed by atoms with Crippen LogP contribution < -0.4 is 16.4 Å². The lowest BCUT2D eigenvalue weighted by atomic mass is 10.00. The number of likely N-dealkylation sites (N-methyl/N-ethyl adjacent to an activating group) is 1. The van der Waals surface area contributed by atoms with Gasteiger partial charge in [0.25, 0.3) is 0 Å². The van der Waals surface area contributed by atoms with Gasteiger partial charge in [0.05, 0.1) is 0 Å². The summed E-state index contributed by atoms with van der Waals surface area (Å²) in [5.74, 6) is 1.14. The number of aryl methyl sites for hydroxylation is 1. The first-order valence-electron chi connectivity index (χ1n) is 14.1. The monoisotopic (exact) mass is 556 g/mol. The standard InChI is InChI=1S/C31H40N8S/c1-4-5-13-39(31-34-26(21-40-31)30-35-28(32)20-29(33)36-30)27-19-25(9-6-22(27)2)24-10-7-23(8-11-24)12-14-38-17-15-37(3)16-18-38/h6-11,19-21H,4-5,12-18H2,1-3H3,(H4,32,33,35,36). The van der Waals surface area contributed by atoms with Crippen LogP contribution in [0.3, 0.4) is 0 Å². The number of nitrogen functional groups attached to an aromatic ring is 2. The van der Waals surface area contributed by atoms with E-state index in [9.17, 15) is 0 Å². The number of anilines is 4. The molecular formula is C31H40N8S. The highest BCUT2D eigenvalue weighted by molar-refractivity contribution is 7.14. The Bertz CT molecular complexity index is 1390. The molecule has 40 heavy (non-hydrogen) atoms. The first-order valence-corrected chi connectivity index (χ1v) is 15.0. The lowest BCUT2D eigenvalue weighted by Crippen LogP contribution is -2.45. The van der Waals surface area contributed by atoms with Crippen molar-refractivity contribution in [1.29, 1.82) is 0 Å². The van der Waals surface area contributed by atoms with Crippen molar-refractivity contribution in [2.45, 2.75) is 33.1 Å². The van der Waals surface area contributed by atoms with Crippen molar-refractivity contribution in [3.63, 3.8) is 0 Å². The molecule has 0 amide bonds. The second-order valence-corrected chi connectivity index (χ2v) is 11.5. The smallest absolute Gasteiger partial charge is 0.190 e. The zero-order valence-electron chi connectivity index (χ0n) is 23.8. The number of nitrogens with two attached hydrogens (primary N) is 2. The zero-order valence-corrected chi connectivity index (χ0v) is 24.6. The molecule has 1 aliphatic heterocycles. The summed E-state index contributed by atoms with van der Waals surface area (Å²) in [4.78, 5) is 20.9. The minimum absolute atomic E-state index is 0.341. The summed E-state index contributed by atoms with van der Waals surface area (Å²) >= 11 is 1.59. The van der Waals surface area contributed by atoms with Crippen molar-refractivity contribution in [3.05, 3.63) is 65.0 Å². The highest BCUT2D eigenvalue weighted by Gasteiger charge is 2.18. The van der Waals surface area contributed by atoms with Gasteiger partial charge < -0.3 is 26.2 Å². The minimum Gasteiger partial charge on any atom is -0.384 e. The van der Waals surface area contributed by atoms with Crippen LogP contribution >= 0.6 is 11.3 Å². The Hall–Kier alpha value is -3.53. The summed E-state index contributed by atoms with van der Waals surface area (Å²) < 4.78 is 0. The summed E-state index contributed by atoms with van der Waals surface area (Å²) in [6.07, 6.45) is 3.24. The molecule has 1 fully saturated rings. The van der Waals surface area contributed by atoms with E-state index in [2.05, 4.69) is 88.0 Å². The molecule has 4 N–H and O–H groups in total. The molecule has 210 valence electrons. The molecular weight excluding hydrogens is 516 g/mol. The van der Waals surface area contributed by atoms with E-state index in [0.717, 1.165) is 63.7 Å². The van der Waals surface area contributed by atoms with E-state index in [0.29, 0.717) is 23.2 Å². The predicted octanol–water partition coefficient (Wildman–Crippen LogP) is 5.47. The highest BCUT2D eigenvalue weighted by atomic mass is 32.1. The lowest BCUT2D eigenvalue weighted by Gasteiger charge is -2.32. The minimum atomic E-state index is 0.341. The van der Waals surface area contributed by atoms with E-state index in [1.54, 1.807) is 17.4 Å². The van der Waals surface area contributed by atoms with Crippen LogP contribution in [0, 0.1) is 6.92 Å². The molecule has 4 aromatic rings. The zero-order chi connectivity index (χ0) is 28.1. The first kappa shape index (κ1) is 28.0. The normalized spacial score (nSPS) is 14.5. The van der Waals surface area contributed by atoms with Gasteiger partial charge in [0.1, 0.15) is 17.3 Å². The number of rotatable bonds is 10. The van der Waals surface area contributed by atoms with Crippen LogP contribution in [-0.4, -0.2) is 71.1 Å². The number of aromatic nitrogens is 3. The Morgan fingerprint density at radius 2 is 1.60 bits per heavy atom. The van der Waals surface area contributed by atoms with Gasteiger partial charge in [-0.1, -0.05) is 49.7 Å². The Balaban J connectivity index is 1.36. The SMILES string of the molecule is CCCCN(c1nc(-c2nc(N)cc(N)n2)cs1)c1cc(-c2ccc(CCN3CCN(C)CC3)cc2)ccc1C. The van der Waals surface area contributed by atoms with Crippen molar-refractivity contribution in [2.75, 3.05) is 62.7 Å². The van der Waals surface area contributed by atoms with E-state index < -0.39 is 0 Å². The molecule has 2 aromatic carbocycles. The summed E-state index contributed by atoms with van der Waals surface area (Å²) in [7, 11) is 2.21. The van der Waals surface area contributed by atoms with E-state index in [1.165, 1.54) is 27.9 Å². The maximum Gasteiger partial charge on any atom is 0.190 e. The van der Waals surface area contributed by atoms with Gasteiger partial charge in [-0.25, -0.2) is 15.0 Å². The third kappa shape index (κ3) is 6.78. The Labute approximate surface area is 241 Å². The van der Waals surface area contributed by atoms with Crippen molar-refractivity contribution in [2.24, 2.45) is 0 Å². The number of nitrogens with zero attached hydrogens (tertiary/aromatic N) is 6. The molecule has 0 radical (unpaired) electrons. The second kappa shape index (κ2) is 12.8. The topological polar surface area (TPSA) is 100 Å². The van der Waals surface area contributed by atoms with Gasteiger partial charge in [-0.2, -0.15) is 0 Å². The summed E-state index contributed by atoms with van der Waals surface area (Å²) in [6, 6.07) is 17.3. The van der Waals surface area contributed by atoms with E-state index >= 15 is 0 Å². The van der Waals surface area contributed by atoms with Gasteiger partial charge in [-0.15, -0.1) is 11.3 Å². The Morgan fingerprint density at radius 3 is 2.30 bits per heavy atom. The van der Waals surface area contributed by atoms with Crippen LogP contribution in [0.25, 0.3) is 22.6 Å². The molecule has 1 aliphatic rings. The van der Waals surface area contributed by atoms with E-state index in [4.69, 9.17) is 16.5 Å². The number of benzene rings is 2. The number of hydrogen-bond donors (Lipinski definition) is 2. The number of thiazole rings is 1. The molecule has 2 aromatic heterocycles. The predicted molar refractivity (Wildman–Crippen MR) is 168 cm³/mol. The van der Waals surface area contributed by atoms with E-state index in [1.807, 2.05) is 5.38 Å². The molecule has 1 saturated heterocycles. The number of hydrogen-bond acceptors (Lipinski definition) is 9. The molecule has 8 nitrogen and oxygen atoms in total. The largest absolute Gasteiger partial charge is 0.384 e. The first-order chi connectivity index (χ1) is 19.4. The average molecular weight is 557 g/mol. The van der Waals surface area contributed by atoms with Gasteiger partial charge in [0, 0.05) is 56.4 Å². The van der Waals surface area contributed by atoms with Crippen LogP contribution in [-0.2, 0) is 6.42 Å². The maximum atomic E-state index is 5.91. The third-order valence-electron chi connectivity index (χ3n) is 7.55. The quantitative estimate of drug-likeness (QED) is 0.265. The fraction of sp³-hybridized carbons (Fsp3) is 0.387. The third-order valence-corrected chi connectivity index (χ3v) is 8.42. The van der Waals surface area contributed by atoms with Crippen LogP contribution in [0.5, 0.6) is 0 Å². The van der Waals surface area contributed by atoms with Gasteiger partial charge in [0.15, 0.2) is 11.0 Å². The molecule has 0 bridgehead atoms. The molecule has 0 aliphatic carbocycles. The molecule has 0 saturated carbocycles. The Morgan fingerprint density at radius 1 is 0.900 bits per heavy atom. The average Bonchev–Trinajstić information content (AvgIpc) is 3.44. The number of piperazine rings is 1. The molecule has 3 heterocycles. The van der Waals surface area contributed by atoms with Crippen LogP contribution in [0.2, 0.25) is 0 Å². The second-order valence-electron chi connectivity index (χ2n) is 10.7. The van der Waals surface area contributed by atoms with Crippen LogP contribution in [0.15, 0.2) is 53.9 Å². The summed E-state index contributed by atoms with van der Waals surface area (Å²) in [6.45, 7) is 11.0. The molecule has 0 unspecified atom stereocenters. The molecule has 0 atom stereocenters. The molecule has 9 heteroatoms. The van der Waals surface area contributed by atoms with Crippen molar-refractivity contribution >= 4 is 33.8 Å². The van der Waals surface area contributed by atoms with Crippen molar-refractivity contribution in [1.82, 2.24) is 24.8 Å². The van der Waals surface area contributed by atoms with Crippen LogP contribution in [0.1, 0.15) is 30.9 Å². The van der Waals surface area contributed by atoms with E-state index in [-0.39, 0.29) is 0 Å². The van der Waals surface area contributed by atoms with Gasteiger partial charge in [-0.05, 0) is 55.1 Å². The molecule has 5 rings (SSSR count). The van der Waals surface area contributed by atoms with Gasteiger partial charge >= 0.3 is 0 Å². The number of unbranched alkanes of at least 4 members (excludes halogenated alkanes) is 1. The highest BCUT2D eigenvalue weighted by Crippen LogP contribution is 2.36. The summed E-state index contributed by atoms with van der Waals surface area (Å²) in [5, 5.41) is 2.88. The summed E-state index contributed by atoms with van der Waals surface area (Å²) in [5.41, 5.74) is 18.7. The fourth-order valence-electron chi connectivity index (χ4n) is 5.03. The van der Waals surface area contributed by atoms with Crippen molar-refractivity contribution < 1.29 is 0 Å². The Kier molecular flexibility index (Phi) is 8.94. The van der Waals surface area contributed by atoms with Crippen LogP contribution in [0.4, 0.5) is 22.5 Å². The lowest BCUT2D eigenvalue weighted by molar-refractivity contribution is 0.155. The van der Waals surface area contributed by atoms with Crippen molar-refractivity contribution in [3.8, 4) is 22.6 Å². The van der Waals surface area contributed by atoms with Gasteiger partial charge in [0.2, 0.25) is 0 Å². The maximum absolute atomic E-state index is 5.91. The molecule has 0 spiro atoms. The van der Waals surface area contributed by atoms with Gasteiger partial charge in [-0.3, -0.25) is 0 Å². The fourth-order valence-corrected chi connectivity index (χ4v) is 5.87.